The first-order chi connectivity index (χ1) is 15.7. The number of anilines is 2. The summed E-state index contributed by atoms with van der Waals surface area (Å²) in [6.45, 7) is 3.68. The number of rotatable bonds is 4. The van der Waals surface area contributed by atoms with Gasteiger partial charge in [0, 0.05) is 50.1 Å². The summed E-state index contributed by atoms with van der Waals surface area (Å²) in [6.07, 6.45) is 2.96. The molecule has 32 heavy (non-hydrogen) atoms. The van der Waals surface area contributed by atoms with Crippen LogP contribution in [0.3, 0.4) is 0 Å². The summed E-state index contributed by atoms with van der Waals surface area (Å²) in [5.74, 6) is 4.14. The molecule has 1 fully saturated rings. The topological polar surface area (TPSA) is 81.0 Å². The Bertz CT molecular complexity index is 1130. The minimum Gasteiger partial charge on any atom is -0.381 e. The van der Waals surface area contributed by atoms with Gasteiger partial charge in [-0.3, -0.25) is 0 Å². The van der Waals surface area contributed by atoms with Crippen molar-refractivity contribution in [3.63, 3.8) is 0 Å². The number of hydrogen-bond donors (Lipinski definition) is 1. The molecule has 0 spiro atoms. The van der Waals surface area contributed by atoms with Crippen LogP contribution in [0.25, 0.3) is 11.4 Å². The summed E-state index contributed by atoms with van der Waals surface area (Å²) in [5, 5.41) is 12.4. The number of benzene rings is 1. The number of hydrogen-bond acceptors (Lipinski definition) is 8. The Morgan fingerprint density at radius 3 is 2.75 bits per heavy atom. The molecule has 6 rings (SSSR count). The van der Waals surface area contributed by atoms with E-state index in [0.29, 0.717) is 12.6 Å². The molecule has 3 aliphatic rings. The highest BCUT2D eigenvalue weighted by atomic mass is 32.2. The van der Waals surface area contributed by atoms with Crippen molar-refractivity contribution < 1.29 is 9.13 Å². The molecule has 8 nitrogen and oxygen atoms in total. The van der Waals surface area contributed by atoms with E-state index in [1.54, 1.807) is 12.1 Å². The smallest absolute Gasteiger partial charge is 0.228 e. The van der Waals surface area contributed by atoms with Crippen molar-refractivity contribution in [1.82, 2.24) is 24.7 Å². The monoisotopic (exact) mass is 453 g/mol. The highest BCUT2D eigenvalue weighted by Crippen LogP contribution is 2.38. The average Bonchev–Trinajstić information content (AvgIpc) is 3.47. The lowest BCUT2D eigenvalue weighted by atomic mass is 10.1. The molecule has 1 N–H and O–H groups in total. The molecule has 2 aromatic heterocycles. The third-order valence-corrected chi connectivity index (χ3v) is 7.34. The second kappa shape index (κ2) is 8.32. The SMILES string of the molecule is Fc1ccc(-c2nnc3n2CCN(c2nc4c(c(NC5CCOCC5)n2)SCC4)C3)cc1. The third kappa shape index (κ3) is 3.71. The molecule has 10 heteroatoms. The average molecular weight is 454 g/mol. The number of ether oxygens (including phenoxy) is 1. The van der Waals surface area contributed by atoms with Gasteiger partial charge in [-0.2, -0.15) is 4.98 Å². The van der Waals surface area contributed by atoms with Crippen LogP contribution in [0.2, 0.25) is 0 Å². The summed E-state index contributed by atoms with van der Waals surface area (Å²) < 4.78 is 20.9. The lowest BCUT2D eigenvalue weighted by molar-refractivity contribution is 0.0903. The second-order valence-corrected chi connectivity index (χ2v) is 9.40. The molecule has 0 unspecified atom stereocenters. The number of nitrogens with zero attached hydrogens (tertiary/aromatic N) is 6. The first-order valence-electron chi connectivity index (χ1n) is 11.1. The van der Waals surface area contributed by atoms with Crippen molar-refractivity contribution in [3.8, 4) is 11.4 Å². The van der Waals surface area contributed by atoms with Gasteiger partial charge in [-0.1, -0.05) is 0 Å². The lowest BCUT2D eigenvalue weighted by Gasteiger charge is -2.29. The standard InChI is InChI=1S/C22H24FN7OS/c23-15-3-1-14(2-4-15)21-28-27-18-13-29(8-9-30(18)21)22-25-17-7-12-32-19(17)20(26-22)24-16-5-10-31-11-6-16/h1-4,16H,5-13H2,(H,24,25,26). The quantitative estimate of drug-likeness (QED) is 0.645. The van der Waals surface area contributed by atoms with Crippen LogP contribution in [-0.2, 0) is 24.2 Å². The molecule has 0 atom stereocenters. The molecule has 3 aliphatic heterocycles. The Morgan fingerprint density at radius 1 is 1.06 bits per heavy atom. The third-order valence-electron chi connectivity index (χ3n) is 6.21. The van der Waals surface area contributed by atoms with Gasteiger partial charge in [0.1, 0.15) is 11.6 Å². The molecule has 0 radical (unpaired) electrons. The largest absolute Gasteiger partial charge is 0.381 e. The second-order valence-electron chi connectivity index (χ2n) is 8.30. The fraction of sp³-hybridized carbons (Fsp3) is 0.455. The van der Waals surface area contributed by atoms with Gasteiger partial charge in [0.05, 0.1) is 17.1 Å². The molecule has 0 aliphatic carbocycles. The van der Waals surface area contributed by atoms with Crippen LogP contribution in [0.4, 0.5) is 16.2 Å². The first kappa shape index (κ1) is 19.9. The van der Waals surface area contributed by atoms with Crippen LogP contribution in [0, 0.1) is 5.82 Å². The maximum atomic E-state index is 13.3. The zero-order chi connectivity index (χ0) is 21.5. The Hall–Kier alpha value is -2.72. The molecule has 166 valence electrons. The number of nitrogens with one attached hydrogen (secondary N) is 1. The molecule has 3 aromatic rings. The van der Waals surface area contributed by atoms with Gasteiger partial charge >= 0.3 is 0 Å². The van der Waals surface area contributed by atoms with Crippen molar-refractivity contribution in [3.05, 3.63) is 41.6 Å². The minimum atomic E-state index is -0.254. The predicted octanol–water partition coefficient (Wildman–Crippen LogP) is 3.13. The van der Waals surface area contributed by atoms with E-state index in [9.17, 15) is 4.39 Å². The van der Waals surface area contributed by atoms with E-state index in [2.05, 4.69) is 25.0 Å². The Balaban J connectivity index is 1.26. The van der Waals surface area contributed by atoms with Crippen molar-refractivity contribution >= 4 is 23.5 Å². The highest BCUT2D eigenvalue weighted by molar-refractivity contribution is 7.99. The van der Waals surface area contributed by atoms with E-state index < -0.39 is 0 Å². The fourth-order valence-electron chi connectivity index (χ4n) is 4.47. The van der Waals surface area contributed by atoms with E-state index in [1.807, 2.05) is 11.8 Å². The van der Waals surface area contributed by atoms with Crippen LogP contribution in [0.5, 0.6) is 0 Å². The summed E-state index contributed by atoms with van der Waals surface area (Å²) in [4.78, 5) is 13.2. The number of thioether (sulfide) groups is 1. The Morgan fingerprint density at radius 2 is 1.91 bits per heavy atom. The van der Waals surface area contributed by atoms with Gasteiger partial charge in [0.2, 0.25) is 5.95 Å². The van der Waals surface area contributed by atoms with E-state index >= 15 is 0 Å². The van der Waals surface area contributed by atoms with Crippen LogP contribution in [0.15, 0.2) is 29.2 Å². The molecule has 0 saturated carbocycles. The summed E-state index contributed by atoms with van der Waals surface area (Å²) in [6, 6.07) is 6.79. The number of aryl methyl sites for hydroxylation is 1. The van der Waals surface area contributed by atoms with Crippen molar-refractivity contribution in [1.29, 1.82) is 0 Å². The molecule has 0 bridgehead atoms. The van der Waals surface area contributed by atoms with E-state index in [-0.39, 0.29) is 5.82 Å². The molecule has 0 amide bonds. The van der Waals surface area contributed by atoms with Gasteiger partial charge in [-0.25, -0.2) is 9.37 Å². The number of aromatic nitrogens is 5. The highest BCUT2D eigenvalue weighted by Gasteiger charge is 2.28. The van der Waals surface area contributed by atoms with Crippen LogP contribution in [0.1, 0.15) is 24.4 Å². The molecule has 5 heterocycles. The summed E-state index contributed by atoms with van der Waals surface area (Å²) >= 11 is 1.84. The van der Waals surface area contributed by atoms with Crippen molar-refractivity contribution in [2.75, 3.05) is 35.7 Å². The van der Waals surface area contributed by atoms with Gasteiger partial charge in [-0.05, 0) is 37.1 Å². The van der Waals surface area contributed by atoms with E-state index in [1.165, 1.54) is 17.0 Å². The molecular formula is C22H24FN7OS. The molecule has 1 aromatic carbocycles. The predicted molar refractivity (Wildman–Crippen MR) is 120 cm³/mol. The van der Waals surface area contributed by atoms with E-state index in [4.69, 9.17) is 14.7 Å². The van der Waals surface area contributed by atoms with Gasteiger partial charge in [0.15, 0.2) is 11.6 Å². The lowest BCUT2D eigenvalue weighted by Crippen LogP contribution is -2.36. The zero-order valence-corrected chi connectivity index (χ0v) is 18.4. The maximum absolute atomic E-state index is 13.3. The Kier molecular flexibility index (Phi) is 5.18. The first-order valence-corrected chi connectivity index (χ1v) is 12.0. The Labute approximate surface area is 189 Å². The van der Waals surface area contributed by atoms with Gasteiger partial charge in [0.25, 0.3) is 0 Å². The minimum absolute atomic E-state index is 0.254. The van der Waals surface area contributed by atoms with E-state index in [0.717, 1.165) is 86.0 Å². The van der Waals surface area contributed by atoms with Crippen molar-refractivity contribution in [2.24, 2.45) is 0 Å². The number of fused-ring (bicyclic) bond motifs is 2. The summed E-state index contributed by atoms with van der Waals surface area (Å²) in [5.41, 5.74) is 2.00. The number of halogens is 1. The fourth-order valence-corrected chi connectivity index (χ4v) is 5.53. The molecule has 1 saturated heterocycles. The maximum Gasteiger partial charge on any atom is 0.228 e. The van der Waals surface area contributed by atoms with Gasteiger partial charge < -0.3 is 19.5 Å². The van der Waals surface area contributed by atoms with Crippen LogP contribution >= 0.6 is 11.8 Å². The zero-order valence-electron chi connectivity index (χ0n) is 17.6. The summed E-state index contributed by atoms with van der Waals surface area (Å²) in [7, 11) is 0. The van der Waals surface area contributed by atoms with Gasteiger partial charge in [-0.15, -0.1) is 22.0 Å². The molecular weight excluding hydrogens is 429 g/mol. The van der Waals surface area contributed by atoms with Crippen LogP contribution < -0.4 is 10.2 Å². The van der Waals surface area contributed by atoms with Crippen LogP contribution in [-0.4, -0.2) is 56.3 Å². The normalized spacial score (nSPS) is 18.5. The van der Waals surface area contributed by atoms with Crippen molar-refractivity contribution in [2.45, 2.75) is 43.3 Å².